The Morgan fingerprint density at radius 1 is 1.10 bits per heavy atom. The van der Waals surface area contributed by atoms with E-state index >= 15 is 0 Å². The molecule has 2 heterocycles. The number of hydrogen-bond acceptors (Lipinski definition) is 5. The van der Waals surface area contributed by atoms with Crippen molar-refractivity contribution in [3.63, 3.8) is 0 Å². The number of methoxy groups -OCH3 is 1. The van der Waals surface area contributed by atoms with Gasteiger partial charge in [0.15, 0.2) is 11.3 Å². The van der Waals surface area contributed by atoms with Gasteiger partial charge in [-0.3, -0.25) is 4.79 Å². The van der Waals surface area contributed by atoms with Crippen molar-refractivity contribution in [3.05, 3.63) is 76.7 Å². The van der Waals surface area contributed by atoms with Crippen molar-refractivity contribution in [2.75, 3.05) is 12.4 Å². The van der Waals surface area contributed by atoms with E-state index in [0.29, 0.717) is 28.7 Å². The van der Waals surface area contributed by atoms with E-state index in [1.54, 1.807) is 42.8 Å². The molecule has 2 aromatic carbocycles. The van der Waals surface area contributed by atoms with Crippen LogP contribution in [-0.4, -0.2) is 32.8 Å². The standard InChI is InChI=1S/C21H18ClN5O2/c1-13-19(21(28)23-16-10-8-15(22)9-11-16)24-25-20-18(14-6-4-3-5-7-14)17(12-29-2)26-27(13)20/h3-11H,12H2,1-2H3,(H,23,28). The van der Waals surface area contributed by atoms with Gasteiger partial charge < -0.3 is 10.1 Å². The molecule has 0 aliphatic heterocycles. The topological polar surface area (TPSA) is 81.4 Å². The highest BCUT2D eigenvalue weighted by Gasteiger charge is 2.21. The van der Waals surface area contributed by atoms with Crippen LogP contribution in [-0.2, 0) is 11.3 Å². The van der Waals surface area contributed by atoms with Crippen molar-refractivity contribution in [2.45, 2.75) is 13.5 Å². The third kappa shape index (κ3) is 3.70. The fourth-order valence-corrected chi connectivity index (χ4v) is 3.25. The number of nitrogens with zero attached hydrogens (tertiary/aromatic N) is 4. The summed E-state index contributed by atoms with van der Waals surface area (Å²) in [5, 5.41) is 16.5. The van der Waals surface area contributed by atoms with Gasteiger partial charge >= 0.3 is 0 Å². The Morgan fingerprint density at radius 3 is 2.52 bits per heavy atom. The second-order valence-electron chi connectivity index (χ2n) is 6.45. The summed E-state index contributed by atoms with van der Waals surface area (Å²) in [7, 11) is 1.61. The van der Waals surface area contributed by atoms with E-state index in [1.807, 2.05) is 30.3 Å². The molecule has 0 saturated carbocycles. The SMILES string of the molecule is COCc1nn2c(C)c(C(=O)Nc3ccc(Cl)cc3)nnc2c1-c1ccccc1. The molecule has 0 fully saturated rings. The first-order chi connectivity index (χ1) is 14.1. The normalized spacial score (nSPS) is 11.0. The average molecular weight is 408 g/mol. The number of amides is 1. The summed E-state index contributed by atoms with van der Waals surface area (Å²) in [6.07, 6.45) is 0. The number of rotatable bonds is 5. The van der Waals surface area contributed by atoms with Crippen molar-refractivity contribution in [1.29, 1.82) is 0 Å². The quantitative estimate of drug-likeness (QED) is 0.537. The van der Waals surface area contributed by atoms with Gasteiger partial charge in [0.05, 0.1) is 23.6 Å². The third-order valence-electron chi connectivity index (χ3n) is 4.50. The first-order valence-electron chi connectivity index (χ1n) is 8.94. The predicted octanol–water partition coefficient (Wildman–Crippen LogP) is 4.15. The summed E-state index contributed by atoms with van der Waals surface area (Å²) < 4.78 is 6.95. The van der Waals surface area contributed by atoms with Crippen molar-refractivity contribution in [1.82, 2.24) is 19.8 Å². The molecule has 0 saturated heterocycles. The molecule has 1 N–H and O–H groups in total. The van der Waals surface area contributed by atoms with Gasteiger partial charge in [-0.1, -0.05) is 41.9 Å². The lowest BCUT2D eigenvalue weighted by molar-refractivity contribution is 0.102. The van der Waals surface area contributed by atoms with Gasteiger partial charge in [-0.2, -0.15) is 5.10 Å². The first kappa shape index (κ1) is 19.0. The fourth-order valence-electron chi connectivity index (χ4n) is 3.12. The number of nitrogens with one attached hydrogen (secondary N) is 1. The Morgan fingerprint density at radius 2 is 1.83 bits per heavy atom. The molecule has 4 aromatic rings. The molecule has 0 aliphatic rings. The lowest BCUT2D eigenvalue weighted by atomic mass is 10.1. The van der Waals surface area contributed by atoms with Crippen LogP contribution >= 0.6 is 11.6 Å². The van der Waals surface area contributed by atoms with Crippen molar-refractivity contribution in [2.24, 2.45) is 0 Å². The second kappa shape index (κ2) is 7.98. The van der Waals surface area contributed by atoms with Crippen LogP contribution in [0.25, 0.3) is 16.8 Å². The summed E-state index contributed by atoms with van der Waals surface area (Å²) in [5.41, 5.74) is 4.50. The molecule has 0 bridgehead atoms. The number of fused-ring (bicyclic) bond motifs is 1. The Labute approximate surface area is 172 Å². The minimum atomic E-state index is -0.371. The van der Waals surface area contributed by atoms with Gasteiger partial charge in [-0.05, 0) is 36.8 Å². The van der Waals surface area contributed by atoms with Crippen LogP contribution in [0, 0.1) is 6.92 Å². The van der Waals surface area contributed by atoms with Crippen LogP contribution in [0.15, 0.2) is 54.6 Å². The molecule has 2 aromatic heterocycles. The first-order valence-corrected chi connectivity index (χ1v) is 9.32. The maximum Gasteiger partial charge on any atom is 0.278 e. The fraction of sp³-hybridized carbons (Fsp3) is 0.143. The number of halogens is 1. The van der Waals surface area contributed by atoms with Gasteiger partial charge in [0.25, 0.3) is 5.91 Å². The predicted molar refractivity (Wildman–Crippen MR) is 111 cm³/mol. The Balaban J connectivity index is 1.77. The van der Waals surface area contributed by atoms with Gasteiger partial charge in [0, 0.05) is 17.8 Å². The van der Waals surface area contributed by atoms with Crippen LogP contribution in [0.2, 0.25) is 5.02 Å². The molecular formula is C21H18ClN5O2. The monoisotopic (exact) mass is 407 g/mol. The molecule has 29 heavy (non-hydrogen) atoms. The average Bonchev–Trinajstić information content (AvgIpc) is 3.10. The molecular weight excluding hydrogens is 390 g/mol. The zero-order chi connectivity index (χ0) is 20.4. The van der Waals surface area contributed by atoms with E-state index in [9.17, 15) is 4.79 Å². The van der Waals surface area contributed by atoms with Crippen LogP contribution in [0.5, 0.6) is 0 Å². The summed E-state index contributed by atoms with van der Waals surface area (Å²) in [6, 6.07) is 16.7. The van der Waals surface area contributed by atoms with E-state index in [1.165, 1.54) is 0 Å². The van der Waals surface area contributed by atoms with E-state index in [4.69, 9.17) is 16.3 Å². The lowest BCUT2D eigenvalue weighted by Crippen LogP contribution is -2.18. The van der Waals surface area contributed by atoms with E-state index in [0.717, 1.165) is 16.8 Å². The number of ether oxygens (including phenoxy) is 1. The second-order valence-corrected chi connectivity index (χ2v) is 6.89. The molecule has 146 valence electrons. The molecule has 7 nitrogen and oxygen atoms in total. The number of aryl methyl sites for hydroxylation is 1. The smallest absolute Gasteiger partial charge is 0.278 e. The Bertz CT molecular complexity index is 1170. The van der Waals surface area contributed by atoms with Crippen molar-refractivity contribution >= 4 is 28.8 Å². The minimum Gasteiger partial charge on any atom is -0.378 e. The molecule has 0 unspecified atom stereocenters. The van der Waals surface area contributed by atoms with Crippen LogP contribution in [0.1, 0.15) is 21.9 Å². The maximum atomic E-state index is 12.7. The van der Waals surface area contributed by atoms with Crippen molar-refractivity contribution in [3.8, 4) is 11.1 Å². The van der Waals surface area contributed by atoms with Gasteiger partial charge in [0.1, 0.15) is 0 Å². The minimum absolute atomic E-state index is 0.193. The molecule has 0 atom stereocenters. The molecule has 1 amide bonds. The largest absolute Gasteiger partial charge is 0.378 e. The van der Waals surface area contributed by atoms with Crippen molar-refractivity contribution < 1.29 is 9.53 Å². The highest BCUT2D eigenvalue weighted by molar-refractivity contribution is 6.30. The number of hydrogen-bond donors (Lipinski definition) is 1. The number of aromatic nitrogens is 4. The molecule has 8 heteroatoms. The number of carbonyl (C=O) groups is 1. The highest BCUT2D eigenvalue weighted by atomic mass is 35.5. The Kier molecular flexibility index (Phi) is 5.24. The van der Waals surface area contributed by atoms with Crippen LogP contribution in [0.4, 0.5) is 5.69 Å². The Hall–Kier alpha value is -3.29. The zero-order valence-corrected chi connectivity index (χ0v) is 16.6. The molecule has 0 radical (unpaired) electrons. The molecule has 0 aliphatic carbocycles. The maximum absolute atomic E-state index is 12.7. The van der Waals surface area contributed by atoms with Gasteiger partial charge in [0.2, 0.25) is 0 Å². The summed E-state index contributed by atoms with van der Waals surface area (Å²) in [5.74, 6) is -0.371. The summed E-state index contributed by atoms with van der Waals surface area (Å²) in [6.45, 7) is 2.11. The zero-order valence-electron chi connectivity index (χ0n) is 15.9. The molecule has 4 rings (SSSR count). The highest BCUT2D eigenvalue weighted by Crippen LogP contribution is 2.28. The molecule has 0 spiro atoms. The number of benzene rings is 2. The van der Waals surface area contributed by atoms with E-state index in [-0.39, 0.29) is 11.6 Å². The van der Waals surface area contributed by atoms with Crippen LogP contribution < -0.4 is 5.32 Å². The van der Waals surface area contributed by atoms with Gasteiger partial charge in [-0.25, -0.2) is 4.52 Å². The van der Waals surface area contributed by atoms with Gasteiger partial charge in [-0.15, -0.1) is 10.2 Å². The summed E-state index contributed by atoms with van der Waals surface area (Å²) in [4.78, 5) is 12.7. The van der Waals surface area contributed by atoms with Crippen LogP contribution in [0.3, 0.4) is 0 Å². The summed E-state index contributed by atoms with van der Waals surface area (Å²) >= 11 is 5.89. The third-order valence-corrected chi connectivity index (χ3v) is 4.75. The van der Waals surface area contributed by atoms with E-state index < -0.39 is 0 Å². The lowest BCUT2D eigenvalue weighted by Gasteiger charge is -2.08. The number of anilines is 1. The van der Waals surface area contributed by atoms with E-state index in [2.05, 4.69) is 20.6 Å². The number of carbonyl (C=O) groups excluding carboxylic acids is 1.